The molecule has 3 saturated carbocycles. The van der Waals surface area contributed by atoms with Crippen molar-refractivity contribution in [3.63, 3.8) is 0 Å². The maximum Gasteiger partial charge on any atom is 0.408 e. The van der Waals surface area contributed by atoms with E-state index in [0.717, 1.165) is 40.7 Å². The van der Waals surface area contributed by atoms with Gasteiger partial charge in [0.05, 0.1) is 30.3 Å². The van der Waals surface area contributed by atoms with Gasteiger partial charge < -0.3 is 30.2 Å². The van der Waals surface area contributed by atoms with Gasteiger partial charge in [0.2, 0.25) is 5.91 Å². The summed E-state index contributed by atoms with van der Waals surface area (Å²) in [5, 5.41) is 12.3. The van der Waals surface area contributed by atoms with Crippen LogP contribution in [0.15, 0.2) is 36.2 Å². The van der Waals surface area contributed by atoms with Gasteiger partial charge in [-0.15, -0.1) is 17.9 Å². The number of carbonyl (C=O) groups is 4. The molecule has 0 bridgehead atoms. The van der Waals surface area contributed by atoms with Crippen LogP contribution in [0.2, 0.25) is 0 Å². The van der Waals surface area contributed by atoms with E-state index < -0.39 is 69.0 Å². The number of anilines is 1. The smallest absolute Gasteiger partial charge is 0.408 e. The van der Waals surface area contributed by atoms with E-state index in [-0.39, 0.29) is 37.2 Å². The summed E-state index contributed by atoms with van der Waals surface area (Å²) >= 11 is 1.45. The maximum atomic E-state index is 14.9. The second-order valence-electron chi connectivity index (χ2n) is 17.9. The van der Waals surface area contributed by atoms with Crippen LogP contribution in [-0.4, -0.2) is 97.4 Å². The van der Waals surface area contributed by atoms with Gasteiger partial charge in [-0.25, -0.2) is 19.5 Å². The van der Waals surface area contributed by atoms with Crippen molar-refractivity contribution in [2.75, 3.05) is 26.5 Å². The molecule has 3 aliphatic rings. The van der Waals surface area contributed by atoms with Gasteiger partial charge in [0, 0.05) is 54.4 Å². The lowest BCUT2D eigenvalue weighted by molar-refractivity contribution is -0.137. The number of hydrogen-bond donors (Lipinski definition) is 4. The Morgan fingerprint density at radius 2 is 1.70 bits per heavy atom. The van der Waals surface area contributed by atoms with Crippen molar-refractivity contribution in [2.45, 2.75) is 116 Å². The number of carbonyl (C=O) groups excluding carboxylic acids is 4. The Kier molecular flexibility index (Phi) is 13.4. The highest BCUT2D eigenvalue weighted by Crippen LogP contribution is 2.47. The summed E-state index contributed by atoms with van der Waals surface area (Å²) in [4.78, 5) is 66.2. The molecule has 61 heavy (non-hydrogen) atoms. The predicted octanol–water partition coefficient (Wildman–Crippen LogP) is 5.91. The van der Waals surface area contributed by atoms with Crippen LogP contribution in [0.5, 0.6) is 11.5 Å². The third-order valence-electron chi connectivity index (χ3n) is 11.8. The molecule has 3 aliphatic carbocycles. The number of hydrogen-bond acceptors (Lipinski definition) is 13. The summed E-state index contributed by atoms with van der Waals surface area (Å²) < 4.78 is 46.5. The zero-order chi connectivity index (χ0) is 44.6. The standard InChI is InChI=1S/C43H59N7O9S2/c1-11-25-21-43(25,39(53)49-61(55,56)50(8)9)48-38(52)30-19-27(18-29(30)36(51)37(42(5,6)7)47-41(54)59-26-14-12-13-15-26)58-34-20-31(32-22-60-40(46-32)44-23(2)3)45-35-24(4)33(57-10)17-16-28(34)35/h11,16-17,20,22-23,25-27,29-30,37H,1,12-15,18-19,21H2,2-10H3,(H,44,46)(H,47,54)(H,48,52)(H,49,53)/t25?,27-,29?,30?,37+,43+/m0/s1. The van der Waals surface area contributed by atoms with Gasteiger partial charge in [0.15, 0.2) is 10.9 Å². The Morgan fingerprint density at radius 3 is 2.31 bits per heavy atom. The Hall–Kier alpha value is -4.81. The summed E-state index contributed by atoms with van der Waals surface area (Å²) in [6.45, 7) is 15.2. The molecule has 4 N–H and O–H groups in total. The highest BCUT2D eigenvalue weighted by Gasteiger charge is 2.62. The average molecular weight is 882 g/mol. The van der Waals surface area contributed by atoms with E-state index in [1.165, 1.54) is 31.5 Å². The number of aromatic nitrogens is 2. The van der Waals surface area contributed by atoms with Crippen molar-refractivity contribution in [1.82, 2.24) is 29.6 Å². The van der Waals surface area contributed by atoms with E-state index in [2.05, 4.69) is 27.3 Å². The Labute approximate surface area is 362 Å². The van der Waals surface area contributed by atoms with E-state index in [1.807, 2.05) is 59.1 Å². The van der Waals surface area contributed by atoms with Crippen LogP contribution >= 0.6 is 11.3 Å². The molecular weight excluding hydrogens is 823 g/mol. The summed E-state index contributed by atoms with van der Waals surface area (Å²) in [6.07, 6.45) is 3.53. The molecule has 18 heteroatoms. The molecule has 6 atom stereocenters. The number of benzene rings is 1. The molecule has 3 amide bonds. The van der Waals surface area contributed by atoms with Gasteiger partial charge in [0.25, 0.3) is 5.91 Å². The number of rotatable bonds is 16. The van der Waals surface area contributed by atoms with Crippen molar-refractivity contribution in [3.8, 4) is 22.9 Å². The minimum Gasteiger partial charge on any atom is -0.496 e. The van der Waals surface area contributed by atoms with Gasteiger partial charge in [-0.05, 0) is 83.3 Å². The van der Waals surface area contributed by atoms with Crippen LogP contribution in [-0.2, 0) is 29.3 Å². The molecule has 3 fully saturated rings. The first-order valence-corrected chi connectivity index (χ1v) is 23.1. The first-order valence-electron chi connectivity index (χ1n) is 20.7. The summed E-state index contributed by atoms with van der Waals surface area (Å²) in [5.41, 5.74) is 0.189. The number of nitrogens with zero attached hydrogens (tertiary/aromatic N) is 3. The number of thiazole rings is 1. The minimum absolute atomic E-state index is 0.0610. The van der Waals surface area contributed by atoms with Crippen molar-refractivity contribution in [2.24, 2.45) is 23.2 Å². The Morgan fingerprint density at radius 1 is 1.02 bits per heavy atom. The molecule has 3 aromatic rings. The molecule has 3 unspecified atom stereocenters. The number of pyridine rings is 1. The van der Waals surface area contributed by atoms with Gasteiger partial charge >= 0.3 is 16.3 Å². The van der Waals surface area contributed by atoms with Gasteiger partial charge in [0.1, 0.15) is 34.9 Å². The monoisotopic (exact) mass is 881 g/mol. The number of alkyl carbamates (subject to hydrolysis) is 1. The number of nitrogens with one attached hydrogen (secondary N) is 4. The first kappa shape index (κ1) is 45.7. The molecule has 0 radical (unpaired) electrons. The molecule has 332 valence electrons. The predicted molar refractivity (Wildman–Crippen MR) is 234 cm³/mol. The third-order valence-corrected chi connectivity index (χ3v) is 14.0. The van der Waals surface area contributed by atoms with Crippen LogP contribution in [0.25, 0.3) is 22.3 Å². The molecule has 6 rings (SSSR count). The fourth-order valence-electron chi connectivity index (χ4n) is 8.29. The lowest BCUT2D eigenvalue weighted by atomic mass is 9.77. The largest absolute Gasteiger partial charge is 0.496 e. The van der Waals surface area contributed by atoms with Gasteiger partial charge in [-0.2, -0.15) is 12.7 Å². The lowest BCUT2D eigenvalue weighted by Crippen LogP contribution is -2.56. The number of fused-ring (bicyclic) bond motifs is 1. The van der Waals surface area contributed by atoms with Gasteiger partial charge in [-0.3, -0.25) is 14.4 Å². The van der Waals surface area contributed by atoms with Crippen LogP contribution < -0.4 is 30.1 Å². The molecule has 16 nitrogen and oxygen atoms in total. The number of Topliss-reactive ketones (excluding diaryl/α,β-unsaturated/α-hetero) is 1. The highest BCUT2D eigenvalue weighted by atomic mass is 32.2. The van der Waals surface area contributed by atoms with E-state index in [1.54, 1.807) is 13.2 Å². The number of methoxy groups -OCH3 is 1. The average Bonchev–Trinajstić information content (AvgIpc) is 3.59. The van der Waals surface area contributed by atoms with Crippen molar-refractivity contribution in [3.05, 3.63) is 41.8 Å². The van der Waals surface area contributed by atoms with E-state index in [4.69, 9.17) is 24.2 Å². The minimum atomic E-state index is -4.19. The lowest BCUT2D eigenvalue weighted by Gasteiger charge is -2.33. The van der Waals surface area contributed by atoms with E-state index >= 15 is 0 Å². The second-order valence-corrected chi connectivity index (χ2v) is 20.7. The number of aryl methyl sites for hydroxylation is 1. The first-order chi connectivity index (χ1) is 28.7. The summed E-state index contributed by atoms with van der Waals surface area (Å²) in [5.74, 6) is -3.41. The van der Waals surface area contributed by atoms with E-state index in [9.17, 15) is 27.6 Å². The molecular formula is C43H59N7O9S2. The maximum absolute atomic E-state index is 14.9. The topological polar surface area (TPSA) is 207 Å². The molecule has 0 saturated heterocycles. The highest BCUT2D eigenvalue weighted by molar-refractivity contribution is 7.87. The molecule has 0 spiro atoms. The van der Waals surface area contributed by atoms with Crippen molar-refractivity contribution in [1.29, 1.82) is 0 Å². The van der Waals surface area contributed by atoms with Gasteiger partial charge in [-0.1, -0.05) is 26.8 Å². The number of ketones is 1. The number of amides is 3. The van der Waals surface area contributed by atoms with E-state index in [0.29, 0.717) is 33.8 Å². The molecule has 1 aromatic carbocycles. The Bertz CT molecular complexity index is 2280. The zero-order valence-corrected chi connectivity index (χ0v) is 38.1. The van der Waals surface area contributed by atoms with Crippen LogP contribution in [0, 0.1) is 30.1 Å². The molecule has 2 aromatic heterocycles. The quantitative estimate of drug-likeness (QED) is 0.124. The number of ether oxygens (including phenoxy) is 3. The normalized spacial score (nSPS) is 23.4. The van der Waals surface area contributed by atoms with Crippen LogP contribution in [0.1, 0.15) is 85.1 Å². The molecule has 2 heterocycles. The summed E-state index contributed by atoms with van der Waals surface area (Å²) in [7, 11) is -0.0494. The Balaban J connectivity index is 1.36. The third kappa shape index (κ3) is 9.96. The fraction of sp³-hybridized carbons (Fsp3) is 0.581. The van der Waals surface area contributed by atoms with Crippen molar-refractivity contribution >= 4 is 61.3 Å². The summed E-state index contributed by atoms with van der Waals surface area (Å²) in [6, 6.07) is 4.60. The van der Waals surface area contributed by atoms with Crippen LogP contribution in [0.3, 0.4) is 0 Å². The fourth-order valence-corrected chi connectivity index (χ4v) is 9.74. The SMILES string of the molecule is C=CC1C[C@]1(NC(=O)C1C[C@@H](Oc2cc(-c3csc(NC(C)C)n3)nc3c(C)c(OC)ccc23)CC1C(=O)[C@@H](NC(=O)OC1CCCC1)C(C)(C)C)C(=O)NS(=O)(=O)N(C)C. The zero-order valence-electron chi connectivity index (χ0n) is 36.4. The molecule has 0 aliphatic heterocycles. The second kappa shape index (κ2) is 17.9. The van der Waals surface area contributed by atoms with Crippen molar-refractivity contribution < 1.29 is 41.8 Å². The van der Waals surface area contributed by atoms with Crippen LogP contribution in [0.4, 0.5) is 9.93 Å².